The van der Waals surface area contributed by atoms with Crippen LogP contribution in [0.15, 0.2) is 47.3 Å². The summed E-state index contributed by atoms with van der Waals surface area (Å²) in [4.78, 5) is 25.3. The van der Waals surface area contributed by atoms with Crippen LogP contribution in [0.2, 0.25) is 0 Å². The van der Waals surface area contributed by atoms with Crippen molar-refractivity contribution in [1.29, 1.82) is 0 Å². The standard InChI is InChI=1S/C20H18N2O3/c1-12-5-7-13(8-6-12)11-21-19(24)16-18(23)15-4-2-3-14-9-10-22(17(14)15)20(16)25/h2-8,23H,9-11H2,1H3,(H,21,24). The van der Waals surface area contributed by atoms with Gasteiger partial charge in [0.1, 0.15) is 11.3 Å². The van der Waals surface area contributed by atoms with E-state index >= 15 is 0 Å². The Morgan fingerprint density at radius 1 is 1.20 bits per heavy atom. The monoisotopic (exact) mass is 334 g/mol. The van der Waals surface area contributed by atoms with Gasteiger partial charge in [-0.2, -0.15) is 0 Å². The number of aromatic nitrogens is 1. The normalized spacial score (nSPS) is 12.5. The zero-order chi connectivity index (χ0) is 17.6. The molecular formula is C20H18N2O3. The average molecular weight is 334 g/mol. The Labute approximate surface area is 144 Å². The molecule has 1 aliphatic rings. The number of para-hydroxylation sites is 1. The second kappa shape index (κ2) is 5.77. The molecule has 1 amide bonds. The van der Waals surface area contributed by atoms with Crippen LogP contribution in [0, 0.1) is 6.92 Å². The largest absolute Gasteiger partial charge is 0.506 e. The maximum Gasteiger partial charge on any atom is 0.267 e. The molecule has 0 aliphatic carbocycles. The zero-order valence-electron chi connectivity index (χ0n) is 13.9. The van der Waals surface area contributed by atoms with Gasteiger partial charge < -0.3 is 15.0 Å². The van der Waals surface area contributed by atoms with Gasteiger partial charge in [0.15, 0.2) is 0 Å². The Kier molecular flexibility index (Phi) is 3.57. The summed E-state index contributed by atoms with van der Waals surface area (Å²) in [6.07, 6.45) is 0.737. The van der Waals surface area contributed by atoms with Gasteiger partial charge in [-0.05, 0) is 30.5 Å². The second-order valence-corrected chi connectivity index (χ2v) is 6.41. The van der Waals surface area contributed by atoms with Crippen LogP contribution in [0.25, 0.3) is 10.9 Å². The Bertz CT molecular complexity index is 1050. The molecule has 2 N–H and O–H groups in total. The van der Waals surface area contributed by atoms with Crippen molar-refractivity contribution in [2.45, 2.75) is 26.4 Å². The van der Waals surface area contributed by atoms with Crippen molar-refractivity contribution in [2.24, 2.45) is 0 Å². The Hall–Kier alpha value is -3.08. The van der Waals surface area contributed by atoms with E-state index in [9.17, 15) is 14.7 Å². The number of aromatic hydroxyl groups is 1. The SMILES string of the molecule is Cc1ccc(CNC(=O)c2c(O)c3cccc4c3n(c2=O)CC4)cc1. The molecule has 25 heavy (non-hydrogen) atoms. The molecule has 0 bridgehead atoms. The topological polar surface area (TPSA) is 71.3 Å². The highest BCUT2D eigenvalue weighted by atomic mass is 16.3. The van der Waals surface area contributed by atoms with Gasteiger partial charge in [-0.3, -0.25) is 9.59 Å². The number of benzene rings is 2. The van der Waals surface area contributed by atoms with E-state index in [0.29, 0.717) is 18.5 Å². The third-order valence-corrected chi connectivity index (χ3v) is 4.75. The average Bonchev–Trinajstić information content (AvgIpc) is 3.04. The maximum atomic E-state index is 12.7. The molecular weight excluding hydrogens is 316 g/mol. The van der Waals surface area contributed by atoms with E-state index in [1.165, 1.54) is 0 Å². The molecule has 3 aromatic rings. The minimum absolute atomic E-state index is 0.182. The molecule has 0 atom stereocenters. The fraction of sp³-hybridized carbons (Fsp3) is 0.200. The van der Waals surface area contributed by atoms with Crippen molar-refractivity contribution in [1.82, 2.24) is 9.88 Å². The quantitative estimate of drug-likeness (QED) is 0.773. The predicted molar refractivity (Wildman–Crippen MR) is 95.9 cm³/mol. The fourth-order valence-electron chi connectivity index (χ4n) is 3.40. The molecule has 0 fully saturated rings. The van der Waals surface area contributed by atoms with E-state index in [4.69, 9.17) is 0 Å². The number of rotatable bonds is 3. The number of hydrogen-bond donors (Lipinski definition) is 2. The first-order valence-electron chi connectivity index (χ1n) is 8.27. The van der Waals surface area contributed by atoms with Crippen LogP contribution in [0.4, 0.5) is 0 Å². The molecule has 0 saturated carbocycles. The van der Waals surface area contributed by atoms with E-state index < -0.39 is 11.5 Å². The Balaban J connectivity index is 1.71. The van der Waals surface area contributed by atoms with Crippen LogP contribution in [-0.2, 0) is 19.5 Å². The first-order valence-corrected chi connectivity index (χ1v) is 8.27. The van der Waals surface area contributed by atoms with Crippen LogP contribution in [0.5, 0.6) is 5.75 Å². The number of nitrogens with one attached hydrogen (secondary N) is 1. The highest BCUT2D eigenvalue weighted by molar-refractivity contribution is 6.03. The van der Waals surface area contributed by atoms with Gasteiger partial charge in [0.05, 0.1) is 5.52 Å². The van der Waals surface area contributed by atoms with Crippen LogP contribution in [-0.4, -0.2) is 15.6 Å². The number of aryl methyl sites for hydroxylation is 3. The minimum atomic E-state index is -0.550. The molecule has 5 heteroatoms. The minimum Gasteiger partial charge on any atom is -0.506 e. The fourth-order valence-corrected chi connectivity index (χ4v) is 3.40. The lowest BCUT2D eigenvalue weighted by Crippen LogP contribution is -2.32. The summed E-state index contributed by atoms with van der Waals surface area (Å²) in [6, 6.07) is 13.3. The molecule has 126 valence electrons. The van der Waals surface area contributed by atoms with Gasteiger partial charge in [-0.1, -0.05) is 42.0 Å². The third kappa shape index (κ3) is 2.48. The molecule has 1 aliphatic heterocycles. The van der Waals surface area contributed by atoms with Gasteiger partial charge in [0, 0.05) is 18.5 Å². The third-order valence-electron chi connectivity index (χ3n) is 4.75. The van der Waals surface area contributed by atoms with Crippen molar-refractivity contribution >= 4 is 16.8 Å². The highest BCUT2D eigenvalue weighted by Crippen LogP contribution is 2.31. The summed E-state index contributed by atoms with van der Waals surface area (Å²) < 4.78 is 1.59. The summed E-state index contributed by atoms with van der Waals surface area (Å²) in [7, 11) is 0. The predicted octanol–water partition coefficient (Wildman–Crippen LogP) is 2.50. The van der Waals surface area contributed by atoms with Crippen molar-refractivity contribution in [2.75, 3.05) is 0 Å². The van der Waals surface area contributed by atoms with Crippen LogP contribution in [0.3, 0.4) is 0 Å². The molecule has 0 radical (unpaired) electrons. The number of hydrogen-bond acceptors (Lipinski definition) is 3. The first-order chi connectivity index (χ1) is 12.1. The van der Waals surface area contributed by atoms with Crippen LogP contribution in [0.1, 0.15) is 27.0 Å². The maximum absolute atomic E-state index is 12.7. The van der Waals surface area contributed by atoms with E-state index in [0.717, 1.165) is 28.6 Å². The number of pyridine rings is 1. The van der Waals surface area contributed by atoms with E-state index in [2.05, 4.69) is 5.32 Å². The second-order valence-electron chi connectivity index (χ2n) is 6.41. The van der Waals surface area contributed by atoms with Crippen molar-refractivity contribution in [3.63, 3.8) is 0 Å². The number of carbonyl (C=O) groups excluding carboxylic acids is 1. The van der Waals surface area contributed by atoms with E-state index in [1.807, 2.05) is 43.3 Å². The summed E-state index contributed by atoms with van der Waals surface area (Å²) in [5, 5.41) is 13.8. The van der Waals surface area contributed by atoms with Crippen LogP contribution >= 0.6 is 0 Å². The van der Waals surface area contributed by atoms with Crippen molar-refractivity contribution < 1.29 is 9.90 Å². The van der Waals surface area contributed by atoms with E-state index in [1.54, 1.807) is 10.6 Å². The van der Waals surface area contributed by atoms with Crippen molar-refractivity contribution in [3.05, 3.63) is 75.1 Å². The highest BCUT2D eigenvalue weighted by Gasteiger charge is 2.25. The number of nitrogens with zero attached hydrogens (tertiary/aromatic N) is 1. The molecule has 0 spiro atoms. The Morgan fingerprint density at radius 3 is 2.72 bits per heavy atom. The summed E-state index contributed by atoms with van der Waals surface area (Å²) in [5.41, 5.74) is 3.22. The van der Waals surface area contributed by atoms with Gasteiger partial charge >= 0.3 is 0 Å². The molecule has 2 aromatic carbocycles. The number of amides is 1. The number of carbonyl (C=O) groups is 1. The molecule has 0 unspecified atom stereocenters. The molecule has 5 nitrogen and oxygen atoms in total. The van der Waals surface area contributed by atoms with Crippen molar-refractivity contribution in [3.8, 4) is 5.75 Å². The first kappa shape index (κ1) is 15.4. The lowest BCUT2D eigenvalue weighted by Gasteiger charge is -2.12. The molecule has 1 aromatic heterocycles. The van der Waals surface area contributed by atoms with Gasteiger partial charge in [-0.15, -0.1) is 0 Å². The van der Waals surface area contributed by atoms with Gasteiger partial charge in [0.2, 0.25) is 0 Å². The smallest absolute Gasteiger partial charge is 0.267 e. The molecule has 0 saturated heterocycles. The molecule has 2 heterocycles. The lowest BCUT2D eigenvalue weighted by molar-refractivity contribution is 0.0946. The van der Waals surface area contributed by atoms with Gasteiger partial charge in [-0.25, -0.2) is 0 Å². The van der Waals surface area contributed by atoms with Gasteiger partial charge in [0.25, 0.3) is 11.5 Å². The van der Waals surface area contributed by atoms with Crippen LogP contribution < -0.4 is 10.9 Å². The molecule has 4 rings (SSSR count). The van der Waals surface area contributed by atoms with E-state index in [-0.39, 0.29) is 11.3 Å². The summed E-state index contributed by atoms with van der Waals surface area (Å²) in [5.74, 6) is -0.785. The Morgan fingerprint density at radius 2 is 1.96 bits per heavy atom. The lowest BCUT2D eigenvalue weighted by atomic mass is 10.1. The summed E-state index contributed by atoms with van der Waals surface area (Å²) >= 11 is 0. The zero-order valence-corrected chi connectivity index (χ0v) is 13.9. The summed E-state index contributed by atoms with van der Waals surface area (Å²) in [6.45, 7) is 2.83.